The monoisotopic (exact) mass is 299 g/mol. The van der Waals surface area contributed by atoms with Crippen molar-refractivity contribution < 1.29 is 18.7 Å². The van der Waals surface area contributed by atoms with Crippen LogP contribution < -0.4 is 0 Å². The number of hydrogen-bond donors (Lipinski definition) is 1. The SMILES string of the molecule is Cc1cc(F)c(-c2ccnc3ccc(C(=O)O)cc23)c(F)c1. The number of aromatic nitrogens is 1. The van der Waals surface area contributed by atoms with Gasteiger partial charge in [-0.1, -0.05) is 0 Å². The molecule has 1 N–H and O–H groups in total. The maximum atomic E-state index is 14.2. The summed E-state index contributed by atoms with van der Waals surface area (Å²) in [5.41, 5.74) is 1.09. The maximum Gasteiger partial charge on any atom is 0.335 e. The first-order chi connectivity index (χ1) is 10.5. The largest absolute Gasteiger partial charge is 0.478 e. The Morgan fingerprint density at radius 3 is 2.41 bits per heavy atom. The van der Waals surface area contributed by atoms with Crippen LogP contribution in [0, 0.1) is 18.6 Å². The molecule has 0 aliphatic rings. The van der Waals surface area contributed by atoms with Crippen LogP contribution in [0.3, 0.4) is 0 Å². The first-order valence-corrected chi connectivity index (χ1v) is 6.55. The Balaban J connectivity index is 2.36. The van der Waals surface area contributed by atoms with E-state index < -0.39 is 17.6 Å². The van der Waals surface area contributed by atoms with E-state index in [2.05, 4.69) is 4.98 Å². The van der Waals surface area contributed by atoms with Gasteiger partial charge in [-0.25, -0.2) is 13.6 Å². The van der Waals surface area contributed by atoms with Crippen molar-refractivity contribution in [2.45, 2.75) is 6.92 Å². The third-order valence-electron chi connectivity index (χ3n) is 3.44. The minimum absolute atomic E-state index is 0.0367. The Bertz CT molecular complexity index is 883. The molecule has 1 aromatic heterocycles. The van der Waals surface area contributed by atoms with Crippen LogP contribution >= 0.6 is 0 Å². The van der Waals surface area contributed by atoms with Crippen LogP contribution in [0.4, 0.5) is 8.78 Å². The van der Waals surface area contributed by atoms with Gasteiger partial charge in [-0.15, -0.1) is 0 Å². The van der Waals surface area contributed by atoms with Gasteiger partial charge in [0.15, 0.2) is 0 Å². The number of halogens is 2. The predicted molar refractivity (Wildman–Crippen MR) is 78.8 cm³/mol. The molecule has 0 radical (unpaired) electrons. The summed E-state index contributed by atoms with van der Waals surface area (Å²) in [4.78, 5) is 15.2. The number of aromatic carboxylic acids is 1. The Kier molecular flexibility index (Phi) is 3.33. The highest BCUT2D eigenvalue weighted by Gasteiger charge is 2.16. The molecular formula is C17H11F2NO2. The van der Waals surface area contributed by atoms with Crippen LogP contribution in [0.2, 0.25) is 0 Å². The lowest BCUT2D eigenvalue weighted by Gasteiger charge is -2.10. The molecule has 0 unspecified atom stereocenters. The molecule has 0 atom stereocenters. The lowest BCUT2D eigenvalue weighted by molar-refractivity contribution is 0.0697. The molecule has 0 aliphatic heterocycles. The van der Waals surface area contributed by atoms with Crippen LogP contribution in [0.15, 0.2) is 42.6 Å². The fourth-order valence-corrected chi connectivity index (χ4v) is 2.45. The van der Waals surface area contributed by atoms with Gasteiger partial charge >= 0.3 is 5.97 Å². The molecule has 22 heavy (non-hydrogen) atoms. The highest BCUT2D eigenvalue weighted by atomic mass is 19.1. The standard InChI is InChI=1S/C17H11F2NO2/c1-9-6-13(18)16(14(19)7-9)11-4-5-20-15-3-2-10(17(21)22)8-12(11)15/h2-8H,1H3,(H,21,22). The number of carbonyl (C=O) groups is 1. The summed E-state index contributed by atoms with van der Waals surface area (Å²) in [6, 6.07) is 8.26. The van der Waals surface area contributed by atoms with Crippen molar-refractivity contribution in [3.8, 4) is 11.1 Å². The van der Waals surface area contributed by atoms with E-state index in [1.54, 1.807) is 6.92 Å². The summed E-state index contributed by atoms with van der Waals surface area (Å²) in [5, 5.41) is 9.48. The second kappa shape index (κ2) is 5.18. The van der Waals surface area contributed by atoms with E-state index in [4.69, 9.17) is 5.11 Å². The predicted octanol–water partition coefficient (Wildman–Crippen LogP) is 4.19. The molecule has 5 heteroatoms. The first kappa shape index (κ1) is 14.1. The van der Waals surface area contributed by atoms with Crippen molar-refractivity contribution >= 4 is 16.9 Å². The van der Waals surface area contributed by atoms with E-state index in [-0.39, 0.29) is 16.7 Å². The zero-order valence-corrected chi connectivity index (χ0v) is 11.6. The molecule has 0 spiro atoms. The van der Waals surface area contributed by atoms with Crippen molar-refractivity contribution in [1.82, 2.24) is 4.98 Å². The van der Waals surface area contributed by atoms with E-state index in [1.807, 2.05) is 0 Å². The smallest absolute Gasteiger partial charge is 0.335 e. The molecule has 0 fully saturated rings. The fraction of sp³-hybridized carbons (Fsp3) is 0.0588. The van der Waals surface area contributed by atoms with Crippen molar-refractivity contribution in [3.63, 3.8) is 0 Å². The molecule has 0 aliphatic carbocycles. The Hall–Kier alpha value is -2.82. The van der Waals surface area contributed by atoms with Gasteiger partial charge in [0.05, 0.1) is 16.6 Å². The van der Waals surface area contributed by atoms with E-state index in [1.165, 1.54) is 42.6 Å². The van der Waals surface area contributed by atoms with Crippen molar-refractivity contribution in [2.24, 2.45) is 0 Å². The average Bonchev–Trinajstić information content (AvgIpc) is 2.45. The van der Waals surface area contributed by atoms with Crippen LogP contribution in [0.1, 0.15) is 15.9 Å². The number of hydrogen-bond acceptors (Lipinski definition) is 2. The summed E-state index contributed by atoms with van der Waals surface area (Å²) in [6.45, 7) is 1.60. The van der Waals surface area contributed by atoms with Crippen LogP contribution in [0.5, 0.6) is 0 Å². The van der Waals surface area contributed by atoms with E-state index in [9.17, 15) is 13.6 Å². The Morgan fingerprint density at radius 1 is 1.09 bits per heavy atom. The van der Waals surface area contributed by atoms with Crippen molar-refractivity contribution in [1.29, 1.82) is 0 Å². The van der Waals surface area contributed by atoms with Crippen molar-refractivity contribution in [3.05, 3.63) is 65.4 Å². The van der Waals surface area contributed by atoms with E-state index in [0.29, 0.717) is 16.5 Å². The van der Waals surface area contributed by atoms with Gasteiger partial charge in [0.25, 0.3) is 0 Å². The zero-order chi connectivity index (χ0) is 15.9. The molecule has 3 nitrogen and oxygen atoms in total. The number of carboxylic acid groups (broad SMARTS) is 1. The molecule has 3 aromatic rings. The van der Waals surface area contributed by atoms with Gasteiger partial charge in [-0.3, -0.25) is 4.98 Å². The minimum atomic E-state index is -1.11. The van der Waals surface area contributed by atoms with E-state index in [0.717, 1.165) is 0 Å². The number of carboxylic acids is 1. The molecule has 3 rings (SSSR count). The van der Waals surface area contributed by atoms with Crippen LogP contribution in [0.25, 0.3) is 22.0 Å². The second-order valence-electron chi connectivity index (χ2n) is 5.00. The molecule has 0 saturated carbocycles. The highest BCUT2D eigenvalue weighted by Crippen LogP contribution is 2.32. The van der Waals surface area contributed by atoms with Crippen molar-refractivity contribution in [2.75, 3.05) is 0 Å². The minimum Gasteiger partial charge on any atom is -0.478 e. The normalized spacial score (nSPS) is 10.9. The van der Waals surface area contributed by atoms with Gasteiger partial charge in [0.1, 0.15) is 11.6 Å². The van der Waals surface area contributed by atoms with Gasteiger partial charge in [0, 0.05) is 11.6 Å². The summed E-state index contributed by atoms with van der Waals surface area (Å²) >= 11 is 0. The quantitative estimate of drug-likeness (QED) is 0.772. The number of aryl methyl sites for hydroxylation is 1. The zero-order valence-electron chi connectivity index (χ0n) is 11.6. The second-order valence-corrected chi connectivity index (χ2v) is 5.00. The summed E-state index contributed by atoms with van der Waals surface area (Å²) in [7, 11) is 0. The Morgan fingerprint density at radius 2 is 1.77 bits per heavy atom. The van der Waals surface area contributed by atoms with Crippen LogP contribution in [-0.4, -0.2) is 16.1 Å². The molecule has 0 bridgehead atoms. The lowest BCUT2D eigenvalue weighted by atomic mass is 9.98. The van der Waals surface area contributed by atoms with Gasteiger partial charge in [-0.2, -0.15) is 0 Å². The number of pyridine rings is 1. The third-order valence-corrected chi connectivity index (χ3v) is 3.44. The number of fused-ring (bicyclic) bond motifs is 1. The van der Waals surface area contributed by atoms with E-state index >= 15 is 0 Å². The van der Waals surface area contributed by atoms with Crippen LogP contribution in [-0.2, 0) is 0 Å². The van der Waals surface area contributed by atoms with Gasteiger partial charge in [-0.05, 0) is 54.4 Å². The molecular weight excluding hydrogens is 288 g/mol. The number of nitrogens with zero attached hydrogens (tertiary/aromatic N) is 1. The summed E-state index contributed by atoms with van der Waals surface area (Å²) in [6.07, 6.45) is 1.44. The molecule has 0 amide bonds. The van der Waals surface area contributed by atoms with Gasteiger partial charge in [0.2, 0.25) is 0 Å². The lowest BCUT2D eigenvalue weighted by Crippen LogP contribution is -1.98. The molecule has 110 valence electrons. The number of benzene rings is 2. The molecule has 1 heterocycles. The van der Waals surface area contributed by atoms with Gasteiger partial charge < -0.3 is 5.11 Å². The molecule has 2 aromatic carbocycles. The topological polar surface area (TPSA) is 50.2 Å². The Labute approximate surface area is 124 Å². The number of rotatable bonds is 2. The third kappa shape index (κ3) is 2.30. The summed E-state index contributed by atoms with van der Waals surface area (Å²) < 4.78 is 28.4. The molecule has 0 saturated heterocycles. The fourth-order valence-electron chi connectivity index (χ4n) is 2.45. The summed E-state index contributed by atoms with van der Waals surface area (Å²) in [5.74, 6) is -2.49. The first-order valence-electron chi connectivity index (χ1n) is 6.55. The maximum absolute atomic E-state index is 14.2. The highest BCUT2D eigenvalue weighted by molar-refractivity contribution is 5.99. The average molecular weight is 299 g/mol.